The largest absolute Gasteiger partial charge is 0.471 e. The molecule has 1 saturated heterocycles. The molecule has 0 unspecified atom stereocenters. The van der Waals surface area contributed by atoms with Gasteiger partial charge in [0, 0.05) is 12.5 Å². The van der Waals surface area contributed by atoms with Gasteiger partial charge in [-0.15, -0.1) is 0 Å². The Balaban J connectivity index is 1.83. The summed E-state index contributed by atoms with van der Waals surface area (Å²) in [5.41, 5.74) is -0.120. The summed E-state index contributed by atoms with van der Waals surface area (Å²) in [5, 5.41) is 1.92. The smallest absolute Gasteiger partial charge is 0.467 e. The summed E-state index contributed by atoms with van der Waals surface area (Å²) in [7, 11) is 1.23. The summed E-state index contributed by atoms with van der Waals surface area (Å²) in [6, 6.07) is -2.09. The molecule has 1 heterocycles. The van der Waals surface area contributed by atoms with Crippen LogP contribution in [0.5, 0.6) is 0 Å². The number of nitrogens with zero attached hydrogens (tertiary/aromatic N) is 1. The van der Waals surface area contributed by atoms with Crippen LogP contribution in [0, 0.1) is 23.2 Å². The Kier molecular flexibility index (Phi) is 5.40. The van der Waals surface area contributed by atoms with Crippen molar-refractivity contribution < 1.29 is 32.3 Å². The van der Waals surface area contributed by atoms with Gasteiger partial charge in [-0.3, -0.25) is 9.59 Å². The predicted molar refractivity (Wildman–Crippen MR) is 92.8 cm³/mol. The molecule has 1 N–H and O–H groups in total. The second kappa shape index (κ2) is 7.22. The Morgan fingerprint density at radius 2 is 1.75 bits per heavy atom. The summed E-state index contributed by atoms with van der Waals surface area (Å²) in [6.07, 6.45) is -1.36. The normalized spacial score (nSPS) is 30.4. The number of fused-ring (bicyclic) bond motifs is 1. The van der Waals surface area contributed by atoms with Gasteiger partial charge >= 0.3 is 18.1 Å². The number of amides is 2. The van der Waals surface area contributed by atoms with Crippen molar-refractivity contribution in [3.8, 4) is 0 Å². The zero-order valence-electron chi connectivity index (χ0n) is 16.3. The average molecular weight is 404 g/mol. The van der Waals surface area contributed by atoms with Gasteiger partial charge in [0.25, 0.3) is 0 Å². The SMILES string of the molecule is COC(=O)[C@@H]1[C@@H]2[C@H](CN1C(=O)[C@@H](NC(=O)C(F)(F)F)C1CCCCC1)C2(C)C. The molecular formula is C19H27F3N2O4. The predicted octanol–water partition coefficient (Wildman–Crippen LogP) is 2.27. The lowest BCUT2D eigenvalue weighted by molar-refractivity contribution is -0.176. The molecular weight excluding hydrogens is 377 g/mol. The Morgan fingerprint density at radius 1 is 1.14 bits per heavy atom. The van der Waals surface area contributed by atoms with Crippen LogP contribution in [0.4, 0.5) is 13.2 Å². The standard InChI is InChI=1S/C19H27F3N2O4/c1-18(2)11-9-24(14(12(11)18)16(26)28-3)15(25)13(10-7-5-4-6-8-10)23-17(27)19(20,21)22/h10-14H,4-9H2,1-3H3,(H,23,27)/t11-,12-,13-,14-/m0/s1. The number of rotatable bonds is 4. The van der Waals surface area contributed by atoms with Crippen molar-refractivity contribution in [1.29, 1.82) is 0 Å². The highest BCUT2D eigenvalue weighted by Gasteiger charge is 2.70. The van der Waals surface area contributed by atoms with E-state index < -0.39 is 36.0 Å². The van der Waals surface area contributed by atoms with Crippen molar-refractivity contribution in [2.75, 3.05) is 13.7 Å². The van der Waals surface area contributed by atoms with Crippen LogP contribution in [0.25, 0.3) is 0 Å². The highest BCUT2D eigenvalue weighted by Crippen LogP contribution is 2.65. The number of likely N-dealkylation sites (tertiary alicyclic amines) is 1. The van der Waals surface area contributed by atoms with E-state index in [1.54, 1.807) is 0 Å². The first-order chi connectivity index (χ1) is 13.0. The molecule has 0 aromatic heterocycles. The molecule has 158 valence electrons. The summed E-state index contributed by atoms with van der Waals surface area (Å²) in [4.78, 5) is 38.5. The summed E-state index contributed by atoms with van der Waals surface area (Å²) in [5.74, 6) is -3.62. The molecule has 28 heavy (non-hydrogen) atoms. The Hall–Kier alpha value is -1.80. The number of ether oxygens (including phenoxy) is 1. The molecule has 0 aromatic rings. The fraction of sp³-hybridized carbons (Fsp3) is 0.842. The summed E-state index contributed by atoms with van der Waals surface area (Å²) in [6.45, 7) is 4.30. The van der Waals surface area contributed by atoms with Gasteiger partial charge in [-0.1, -0.05) is 33.1 Å². The van der Waals surface area contributed by atoms with E-state index in [0.717, 1.165) is 19.3 Å². The van der Waals surface area contributed by atoms with Gasteiger partial charge in [0.05, 0.1) is 7.11 Å². The third kappa shape index (κ3) is 3.59. The lowest BCUT2D eigenvalue weighted by atomic mass is 9.83. The molecule has 1 aliphatic heterocycles. The fourth-order valence-electron chi connectivity index (χ4n) is 5.15. The first kappa shape index (κ1) is 20.9. The number of halogens is 3. The number of hydrogen-bond acceptors (Lipinski definition) is 4. The number of hydrogen-bond donors (Lipinski definition) is 1. The maximum absolute atomic E-state index is 13.3. The second-order valence-corrected chi connectivity index (χ2v) is 8.76. The van der Waals surface area contributed by atoms with E-state index >= 15 is 0 Å². The Morgan fingerprint density at radius 3 is 2.29 bits per heavy atom. The van der Waals surface area contributed by atoms with Crippen molar-refractivity contribution in [1.82, 2.24) is 10.2 Å². The number of carbonyl (C=O) groups excluding carboxylic acids is 3. The van der Waals surface area contributed by atoms with Crippen LogP contribution in [0.3, 0.4) is 0 Å². The molecule has 2 saturated carbocycles. The lowest BCUT2D eigenvalue weighted by Gasteiger charge is -2.36. The molecule has 0 spiro atoms. The first-order valence-corrected chi connectivity index (χ1v) is 9.76. The summed E-state index contributed by atoms with van der Waals surface area (Å²) < 4.78 is 43.4. The third-order valence-electron chi connectivity index (χ3n) is 6.87. The quantitative estimate of drug-likeness (QED) is 0.730. The molecule has 3 aliphatic rings. The first-order valence-electron chi connectivity index (χ1n) is 9.76. The Bertz CT molecular complexity index is 658. The number of nitrogens with one attached hydrogen (secondary N) is 1. The van der Waals surface area contributed by atoms with Gasteiger partial charge < -0.3 is 15.0 Å². The van der Waals surface area contributed by atoms with Gasteiger partial charge in [-0.25, -0.2) is 4.79 Å². The minimum absolute atomic E-state index is 0.0748. The highest BCUT2D eigenvalue weighted by atomic mass is 19.4. The van der Waals surface area contributed by atoms with Crippen LogP contribution in [-0.4, -0.2) is 54.6 Å². The van der Waals surface area contributed by atoms with Crippen LogP contribution in [0.2, 0.25) is 0 Å². The topological polar surface area (TPSA) is 75.7 Å². The van der Waals surface area contributed by atoms with E-state index in [1.807, 2.05) is 19.2 Å². The van der Waals surface area contributed by atoms with Crippen molar-refractivity contribution in [3.63, 3.8) is 0 Å². The fourth-order valence-corrected chi connectivity index (χ4v) is 5.15. The number of methoxy groups -OCH3 is 1. The molecule has 2 amide bonds. The molecule has 2 aliphatic carbocycles. The van der Waals surface area contributed by atoms with Crippen LogP contribution < -0.4 is 5.32 Å². The van der Waals surface area contributed by atoms with Crippen LogP contribution in [0.15, 0.2) is 0 Å². The number of alkyl halides is 3. The van der Waals surface area contributed by atoms with Crippen molar-refractivity contribution in [2.45, 2.75) is 64.2 Å². The van der Waals surface area contributed by atoms with E-state index in [0.29, 0.717) is 19.4 Å². The van der Waals surface area contributed by atoms with Crippen molar-refractivity contribution in [3.05, 3.63) is 0 Å². The van der Waals surface area contributed by atoms with Gasteiger partial charge in [0.15, 0.2) is 0 Å². The molecule has 6 nitrogen and oxygen atoms in total. The molecule has 3 rings (SSSR count). The number of carbonyl (C=O) groups is 3. The second-order valence-electron chi connectivity index (χ2n) is 8.76. The third-order valence-corrected chi connectivity index (χ3v) is 6.87. The van der Waals surface area contributed by atoms with E-state index in [-0.39, 0.29) is 23.2 Å². The van der Waals surface area contributed by atoms with Crippen LogP contribution in [0.1, 0.15) is 46.0 Å². The highest BCUT2D eigenvalue weighted by molar-refractivity contribution is 5.93. The van der Waals surface area contributed by atoms with Crippen LogP contribution >= 0.6 is 0 Å². The number of esters is 1. The van der Waals surface area contributed by atoms with Gasteiger partial charge in [-0.2, -0.15) is 13.2 Å². The molecule has 3 fully saturated rings. The lowest BCUT2D eigenvalue weighted by Crippen LogP contribution is -2.58. The average Bonchev–Trinajstić information content (AvgIpc) is 2.99. The minimum atomic E-state index is -5.07. The van der Waals surface area contributed by atoms with Gasteiger partial charge in [-0.05, 0) is 30.1 Å². The molecule has 0 aromatic carbocycles. The van der Waals surface area contributed by atoms with Crippen molar-refractivity contribution in [2.24, 2.45) is 23.2 Å². The monoisotopic (exact) mass is 404 g/mol. The van der Waals surface area contributed by atoms with Gasteiger partial charge in [0.2, 0.25) is 5.91 Å². The minimum Gasteiger partial charge on any atom is -0.467 e. The molecule has 0 radical (unpaired) electrons. The van der Waals surface area contributed by atoms with Crippen molar-refractivity contribution >= 4 is 17.8 Å². The zero-order valence-corrected chi connectivity index (χ0v) is 16.3. The summed E-state index contributed by atoms with van der Waals surface area (Å²) >= 11 is 0. The van der Waals surface area contributed by atoms with Crippen LogP contribution in [-0.2, 0) is 19.1 Å². The molecule has 0 bridgehead atoms. The molecule has 9 heteroatoms. The maximum atomic E-state index is 13.3. The Labute approximate surface area is 162 Å². The maximum Gasteiger partial charge on any atom is 0.471 e. The zero-order chi connectivity index (χ0) is 20.9. The van der Waals surface area contributed by atoms with E-state index in [1.165, 1.54) is 12.0 Å². The number of piperidine rings is 1. The van der Waals surface area contributed by atoms with Gasteiger partial charge in [0.1, 0.15) is 12.1 Å². The van der Waals surface area contributed by atoms with E-state index in [4.69, 9.17) is 4.74 Å². The molecule has 4 atom stereocenters. The van der Waals surface area contributed by atoms with E-state index in [9.17, 15) is 27.6 Å². The van der Waals surface area contributed by atoms with E-state index in [2.05, 4.69) is 0 Å².